The van der Waals surface area contributed by atoms with Crippen LogP contribution in [0.1, 0.15) is 45.4 Å². The molecule has 2 atom stereocenters. The minimum atomic E-state index is -0.397. The van der Waals surface area contributed by atoms with E-state index in [2.05, 4.69) is 9.80 Å². The van der Waals surface area contributed by atoms with Crippen molar-refractivity contribution in [2.24, 2.45) is 5.73 Å². The lowest BCUT2D eigenvalue weighted by molar-refractivity contribution is 0.159. The van der Waals surface area contributed by atoms with Crippen LogP contribution in [0.15, 0.2) is 0 Å². The highest BCUT2D eigenvalue weighted by Gasteiger charge is 2.28. The number of nitrogens with two attached hydrogens (primary N) is 1. The van der Waals surface area contributed by atoms with Crippen LogP contribution in [0.3, 0.4) is 0 Å². The van der Waals surface area contributed by atoms with Crippen molar-refractivity contribution in [1.29, 1.82) is 0 Å². The molecule has 0 aromatic heterocycles. The smallest absolute Gasteiger partial charge is 0.0608 e. The monoisotopic (exact) mass is 269 g/mol. The molecule has 0 aliphatic carbocycles. The van der Waals surface area contributed by atoms with Crippen molar-refractivity contribution >= 4 is 0 Å². The molecule has 2 aliphatic rings. The average molecular weight is 269 g/mol. The fraction of sp³-hybridized carbons (Fsp3) is 1.00. The van der Waals surface area contributed by atoms with Gasteiger partial charge in [-0.05, 0) is 65.2 Å². The molecule has 0 saturated carbocycles. The molecule has 2 fully saturated rings. The predicted octanol–water partition coefficient (Wildman–Crippen LogP) is 1.04. The highest BCUT2D eigenvalue weighted by atomic mass is 16.3. The standard InChI is InChI=1S/C15H31N3O/c1-15(16,13-19)7-5-8-17-11-6-14(12-17)18-9-3-2-4-10-18/h14,19H,2-13,16H2,1H3. The zero-order valence-electron chi connectivity index (χ0n) is 12.5. The van der Waals surface area contributed by atoms with Gasteiger partial charge in [-0.15, -0.1) is 0 Å². The van der Waals surface area contributed by atoms with Crippen molar-refractivity contribution in [3.8, 4) is 0 Å². The Labute approximate surface area is 117 Å². The van der Waals surface area contributed by atoms with Gasteiger partial charge in [0.2, 0.25) is 0 Å². The molecule has 2 aliphatic heterocycles. The maximum absolute atomic E-state index is 9.15. The van der Waals surface area contributed by atoms with Gasteiger partial charge in [0.15, 0.2) is 0 Å². The summed E-state index contributed by atoms with van der Waals surface area (Å²) in [7, 11) is 0. The van der Waals surface area contributed by atoms with Gasteiger partial charge < -0.3 is 15.7 Å². The molecule has 19 heavy (non-hydrogen) atoms. The van der Waals surface area contributed by atoms with Gasteiger partial charge in [0.05, 0.1) is 6.61 Å². The highest BCUT2D eigenvalue weighted by Crippen LogP contribution is 2.20. The van der Waals surface area contributed by atoms with E-state index in [1.54, 1.807) is 0 Å². The van der Waals surface area contributed by atoms with E-state index in [0.29, 0.717) is 0 Å². The number of nitrogens with zero attached hydrogens (tertiary/aromatic N) is 2. The lowest BCUT2D eigenvalue weighted by atomic mass is 9.98. The summed E-state index contributed by atoms with van der Waals surface area (Å²) < 4.78 is 0. The maximum atomic E-state index is 9.15. The molecular formula is C15H31N3O. The summed E-state index contributed by atoms with van der Waals surface area (Å²) in [6.07, 6.45) is 7.54. The Balaban J connectivity index is 1.64. The molecule has 2 rings (SSSR count). The quantitative estimate of drug-likeness (QED) is 0.756. The molecule has 0 bridgehead atoms. The fourth-order valence-electron chi connectivity index (χ4n) is 3.38. The van der Waals surface area contributed by atoms with Crippen LogP contribution in [0.2, 0.25) is 0 Å². The van der Waals surface area contributed by atoms with Gasteiger partial charge in [0.25, 0.3) is 0 Å². The van der Waals surface area contributed by atoms with E-state index in [0.717, 1.165) is 25.4 Å². The molecule has 112 valence electrons. The van der Waals surface area contributed by atoms with Gasteiger partial charge in [-0.25, -0.2) is 0 Å². The summed E-state index contributed by atoms with van der Waals surface area (Å²) in [5.41, 5.74) is 5.57. The Morgan fingerprint density at radius 2 is 1.95 bits per heavy atom. The third kappa shape index (κ3) is 4.71. The molecule has 0 aromatic rings. The van der Waals surface area contributed by atoms with Crippen molar-refractivity contribution in [3.05, 3.63) is 0 Å². The van der Waals surface area contributed by atoms with Gasteiger partial charge in [0.1, 0.15) is 0 Å². The van der Waals surface area contributed by atoms with E-state index >= 15 is 0 Å². The van der Waals surface area contributed by atoms with Gasteiger partial charge in [-0.2, -0.15) is 0 Å². The summed E-state index contributed by atoms with van der Waals surface area (Å²) in [6.45, 7) is 8.25. The number of hydrogen-bond acceptors (Lipinski definition) is 4. The second-order valence-electron chi connectivity index (χ2n) is 6.76. The summed E-state index contributed by atoms with van der Waals surface area (Å²) in [5.74, 6) is 0. The van der Waals surface area contributed by atoms with Gasteiger partial charge in [-0.3, -0.25) is 4.90 Å². The van der Waals surface area contributed by atoms with Crippen LogP contribution in [0, 0.1) is 0 Å². The van der Waals surface area contributed by atoms with E-state index in [1.807, 2.05) is 6.92 Å². The third-order valence-corrected chi connectivity index (χ3v) is 4.74. The van der Waals surface area contributed by atoms with Crippen LogP contribution in [-0.2, 0) is 0 Å². The zero-order chi connectivity index (χ0) is 13.7. The van der Waals surface area contributed by atoms with Crippen molar-refractivity contribution in [2.45, 2.75) is 57.0 Å². The minimum Gasteiger partial charge on any atom is -0.394 e. The molecule has 0 amide bonds. The molecule has 2 heterocycles. The lowest BCUT2D eigenvalue weighted by Crippen LogP contribution is -2.42. The summed E-state index contributed by atoms with van der Waals surface area (Å²) >= 11 is 0. The Bertz CT molecular complexity index is 264. The zero-order valence-corrected chi connectivity index (χ0v) is 12.5. The summed E-state index contributed by atoms with van der Waals surface area (Å²) in [5, 5.41) is 9.15. The molecule has 4 heteroatoms. The Hall–Kier alpha value is -0.160. The Morgan fingerprint density at radius 1 is 1.21 bits per heavy atom. The van der Waals surface area contributed by atoms with Crippen LogP contribution >= 0.6 is 0 Å². The van der Waals surface area contributed by atoms with Crippen molar-refractivity contribution in [3.63, 3.8) is 0 Å². The van der Waals surface area contributed by atoms with E-state index in [1.165, 1.54) is 51.9 Å². The molecule has 3 N–H and O–H groups in total. The number of rotatable bonds is 6. The third-order valence-electron chi connectivity index (χ3n) is 4.74. The first-order chi connectivity index (χ1) is 9.11. The van der Waals surface area contributed by atoms with Crippen molar-refractivity contribution in [1.82, 2.24) is 9.80 Å². The number of piperidine rings is 1. The first kappa shape index (κ1) is 15.2. The largest absolute Gasteiger partial charge is 0.394 e. The average Bonchev–Trinajstić information content (AvgIpc) is 2.88. The van der Waals surface area contributed by atoms with Crippen LogP contribution in [0.25, 0.3) is 0 Å². The molecule has 0 radical (unpaired) electrons. The predicted molar refractivity (Wildman–Crippen MR) is 79.2 cm³/mol. The lowest BCUT2D eigenvalue weighted by Gasteiger charge is -2.32. The van der Waals surface area contributed by atoms with Crippen molar-refractivity contribution < 1.29 is 5.11 Å². The number of aliphatic hydroxyl groups is 1. The molecule has 0 spiro atoms. The van der Waals surface area contributed by atoms with Crippen LogP contribution < -0.4 is 5.73 Å². The highest BCUT2D eigenvalue weighted by molar-refractivity contribution is 4.85. The fourth-order valence-corrected chi connectivity index (χ4v) is 3.38. The maximum Gasteiger partial charge on any atom is 0.0608 e. The van der Waals surface area contributed by atoms with Gasteiger partial charge in [-0.1, -0.05) is 6.42 Å². The van der Waals surface area contributed by atoms with Gasteiger partial charge in [0, 0.05) is 18.1 Å². The van der Waals surface area contributed by atoms with Crippen LogP contribution in [-0.4, -0.2) is 65.8 Å². The van der Waals surface area contributed by atoms with E-state index < -0.39 is 5.54 Å². The molecule has 2 unspecified atom stereocenters. The second kappa shape index (κ2) is 7.02. The molecule has 0 aromatic carbocycles. The summed E-state index contributed by atoms with van der Waals surface area (Å²) in [4.78, 5) is 5.27. The normalized spacial score (nSPS) is 29.5. The van der Waals surface area contributed by atoms with Crippen LogP contribution in [0.5, 0.6) is 0 Å². The molecule has 2 saturated heterocycles. The van der Waals surface area contributed by atoms with Gasteiger partial charge >= 0.3 is 0 Å². The summed E-state index contributed by atoms with van der Waals surface area (Å²) in [6, 6.07) is 0.794. The first-order valence-corrected chi connectivity index (χ1v) is 7.97. The van der Waals surface area contributed by atoms with Crippen LogP contribution in [0.4, 0.5) is 0 Å². The second-order valence-corrected chi connectivity index (χ2v) is 6.76. The SMILES string of the molecule is CC(N)(CO)CCCN1CCC(N2CCCCC2)C1. The number of aliphatic hydroxyl groups excluding tert-OH is 1. The topological polar surface area (TPSA) is 52.7 Å². The molecule has 4 nitrogen and oxygen atoms in total. The molecular weight excluding hydrogens is 238 g/mol. The van der Waals surface area contributed by atoms with E-state index in [-0.39, 0.29) is 6.61 Å². The van der Waals surface area contributed by atoms with Crippen molar-refractivity contribution in [2.75, 3.05) is 39.3 Å². The number of hydrogen-bond donors (Lipinski definition) is 2. The number of likely N-dealkylation sites (tertiary alicyclic amines) is 2. The van der Waals surface area contributed by atoms with E-state index in [4.69, 9.17) is 10.8 Å². The Kier molecular flexibility index (Phi) is 5.63. The minimum absolute atomic E-state index is 0.0867. The first-order valence-electron chi connectivity index (χ1n) is 7.97. The van der Waals surface area contributed by atoms with E-state index in [9.17, 15) is 0 Å². The Morgan fingerprint density at radius 3 is 2.63 bits per heavy atom.